The number of morpholine rings is 1. The Hall–Kier alpha value is -1.89. The Morgan fingerprint density at radius 3 is 2.56 bits per heavy atom. The van der Waals surface area contributed by atoms with E-state index < -0.39 is 10.0 Å². The predicted molar refractivity (Wildman–Crippen MR) is 96.4 cm³/mol. The van der Waals surface area contributed by atoms with E-state index in [0.29, 0.717) is 35.9 Å². The molecule has 0 saturated carbocycles. The molecule has 1 aliphatic heterocycles. The molecule has 134 valence electrons. The lowest BCUT2D eigenvalue weighted by molar-refractivity contribution is -0.00289. The minimum atomic E-state index is -3.57. The molecule has 1 fully saturated rings. The van der Waals surface area contributed by atoms with Crippen molar-refractivity contribution in [3.8, 4) is 5.75 Å². The Balaban J connectivity index is 1.89. The molecule has 25 heavy (non-hydrogen) atoms. The highest BCUT2D eigenvalue weighted by Gasteiger charge is 2.32. The van der Waals surface area contributed by atoms with Crippen LogP contribution in [0.2, 0.25) is 0 Å². The van der Waals surface area contributed by atoms with E-state index in [1.807, 2.05) is 31.2 Å². The van der Waals surface area contributed by atoms with Crippen molar-refractivity contribution in [3.63, 3.8) is 0 Å². The monoisotopic (exact) mass is 361 g/mol. The molecule has 1 unspecified atom stereocenters. The molecule has 0 spiro atoms. The lowest BCUT2D eigenvalue weighted by atomic mass is 10.0. The van der Waals surface area contributed by atoms with Crippen molar-refractivity contribution in [2.75, 3.05) is 26.8 Å². The van der Waals surface area contributed by atoms with Gasteiger partial charge < -0.3 is 9.47 Å². The van der Waals surface area contributed by atoms with Crippen LogP contribution in [0.1, 0.15) is 22.8 Å². The van der Waals surface area contributed by atoms with Crippen LogP contribution >= 0.6 is 0 Å². The summed E-state index contributed by atoms with van der Waals surface area (Å²) in [6, 6.07) is 13.0. The van der Waals surface area contributed by atoms with E-state index in [4.69, 9.17) is 9.47 Å². The van der Waals surface area contributed by atoms with E-state index in [9.17, 15) is 8.42 Å². The smallest absolute Gasteiger partial charge is 0.243 e. The van der Waals surface area contributed by atoms with Gasteiger partial charge in [-0.15, -0.1) is 0 Å². The number of nitrogens with zero attached hydrogens (tertiary/aromatic N) is 1. The topological polar surface area (TPSA) is 55.8 Å². The van der Waals surface area contributed by atoms with Crippen molar-refractivity contribution in [2.24, 2.45) is 0 Å². The van der Waals surface area contributed by atoms with Gasteiger partial charge in [0.2, 0.25) is 10.0 Å². The van der Waals surface area contributed by atoms with Crippen molar-refractivity contribution in [3.05, 3.63) is 59.2 Å². The molecule has 1 heterocycles. The molecule has 0 radical (unpaired) electrons. The van der Waals surface area contributed by atoms with Crippen LogP contribution in [0.5, 0.6) is 5.75 Å². The minimum Gasteiger partial charge on any atom is -0.497 e. The second-order valence-electron chi connectivity index (χ2n) is 6.21. The second-order valence-corrected chi connectivity index (χ2v) is 8.12. The van der Waals surface area contributed by atoms with Crippen LogP contribution in [0, 0.1) is 13.8 Å². The fourth-order valence-corrected chi connectivity index (χ4v) is 4.79. The first-order valence-corrected chi connectivity index (χ1v) is 9.69. The molecule has 1 atom stereocenters. The molecular weight excluding hydrogens is 338 g/mol. The van der Waals surface area contributed by atoms with E-state index in [-0.39, 0.29) is 6.10 Å². The molecule has 5 nitrogen and oxygen atoms in total. The Morgan fingerprint density at radius 2 is 1.88 bits per heavy atom. The summed E-state index contributed by atoms with van der Waals surface area (Å²) < 4.78 is 38.7. The van der Waals surface area contributed by atoms with E-state index >= 15 is 0 Å². The largest absolute Gasteiger partial charge is 0.497 e. The zero-order chi connectivity index (χ0) is 18.0. The van der Waals surface area contributed by atoms with Crippen LogP contribution < -0.4 is 4.74 Å². The van der Waals surface area contributed by atoms with Gasteiger partial charge in [0.15, 0.2) is 0 Å². The minimum absolute atomic E-state index is 0.247. The van der Waals surface area contributed by atoms with Gasteiger partial charge in [-0.05, 0) is 48.7 Å². The molecule has 0 aromatic heterocycles. The highest BCUT2D eigenvalue weighted by molar-refractivity contribution is 7.89. The number of aryl methyl sites for hydroxylation is 2. The first kappa shape index (κ1) is 17.9. The maximum Gasteiger partial charge on any atom is 0.243 e. The molecule has 0 aliphatic carbocycles. The van der Waals surface area contributed by atoms with Gasteiger partial charge >= 0.3 is 0 Å². The molecular formula is C19H23NO4S. The first-order chi connectivity index (χ1) is 11.9. The van der Waals surface area contributed by atoms with Crippen molar-refractivity contribution >= 4 is 10.0 Å². The summed E-state index contributed by atoms with van der Waals surface area (Å²) in [6.45, 7) is 4.86. The number of methoxy groups -OCH3 is 1. The Kier molecular flexibility index (Phi) is 5.13. The zero-order valence-corrected chi connectivity index (χ0v) is 15.5. The van der Waals surface area contributed by atoms with Crippen molar-refractivity contribution in [1.29, 1.82) is 0 Å². The van der Waals surface area contributed by atoms with Crippen LogP contribution in [0.3, 0.4) is 0 Å². The van der Waals surface area contributed by atoms with Crippen LogP contribution in [-0.2, 0) is 14.8 Å². The molecule has 0 N–H and O–H groups in total. The average Bonchev–Trinajstić information content (AvgIpc) is 2.62. The number of hydrogen-bond donors (Lipinski definition) is 0. The lowest BCUT2D eigenvalue weighted by Gasteiger charge is -2.33. The average molecular weight is 361 g/mol. The van der Waals surface area contributed by atoms with Gasteiger partial charge in [0, 0.05) is 13.1 Å². The van der Waals surface area contributed by atoms with Crippen LogP contribution in [0.15, 0.2) is 47.4 Å². The van der Waals surface area contributed by atoms with Crippen molar-refractivity contribution < 1.29 is 17.9 Å². The molecule has 2 aromatic rings. The molecule has 3 rings (SSSR count). The third kappa shape index (κ3) is 3.56. The van der Waals surface area contributed by atoms with E-state index in [0.717, 1.165) is 11.1 Å². The van der Waals surface area contributed by atoms with Gasteiger partial charge in [0.25, 0.3) is 0 Å². The fraction of sp³-hybridized carbons (Fsp3) is 0.368. The molecule has 1 saturated heterocycles. The first-order valence-electron chi connectivity index (χ1n) is 8.25. The quantitative estimate of drug-likeness (QED) is 0.840. The van der Waals surface area contributed by atoms with Crippen LogP contribution in [0.4, 0.5) is 0 Å². The van der Waals surface area contributed by atoms with Gasteiger partial charge in [-0.2, -0.15) is 4.31 Å². The molecule has 1 aliphatic rings. The standard InChI is InChI=1S/C19H23NO4S/c1-14-6-4-5-7-17(14)18-13-20(10-11-24-18)25(21,22)19-9-8-16(23-3)12-15(19)2/h4-9,12,18H,10-11,13H2,1-3H3. The van der Waals surface area contributed by atoms with E-state index in [2.05, 4.69) is 0 Å². The second kappa shape index (κ2) is 7.15. The summed E-state index contributed by atoms with van der Waals surface area (Å²) in [7, 11) is -2.01. The fourth-order valence-electron chi connectivity index (χ4n) is 3.16. The van der Waals surface area contributed by atoms with E-state index in [1.54, 1.807) is 32.2 Å². The third-order valence-electron chi connectivity index (χ3n) is 4.56. The summed E-state index contributed by atoms with van der Waals surface area (Å²) in [6.07, 6.45) is -0.247. The summed E-state index contributed by atoms with van der Waals surface area (Å²) in [5, 5.41) is 0. The number of rotatable bonds is 4. The molecule has 0 amide bonds. The van der Waals surface area contributed by atoms with Gasteiger partial charge in [0.1, 0.15) is 5.75 Å². The molecule has 6 heteroatoms. The maximum absolute atomic E-state index is 13.1. The number of ether oxygens (including phenoxy) is 2. The predicted octanol–water partition coefficient (Wildman–Crippen LogP) is 3.07. The van der Waals surface area contributed by atoms with Crippen LogP contribution in [-0.4, -0.2) is 39.5 Å². The summed E-state index contributed by atoms with van der Waals surface area (Å²) >= 11 is 0. The maximum atomic E-state index is 13.1. The van der Waals surface area contributed by atoms with Gasteiger partial charge in [-0.3, -0.25) is 0 Å². The highest BCUT2D eigenvalue weighted by atomic mass is 32.2. The van der Waals surface area contributed by atoms with Gasteiger partial charge in [-0.25, -0.2) is 8.42 Å². The Morgan fingerprint density at radius 1 is 1.12 bits per heavy atom. The van der Waals surface area contributed by atoms with Gasteiger partial charge in [-0.1, -0.05) is 24.3 Å². The summed E-state index contributed by atoms with van der Waals surface area (Å²) in [5.74, 6) is 0.649. The Labute approximate surface area is 149 Å². The molecule has 0 bridgehead atoms. The van der Waals surface area contributed by atoms with E-state index in [1.165, 1.54) is 4.31 Å². The van der Waals surface area contributed by atoms with Crippen LogP contribution in [0.25, 0.3) is 0 Å². The SMILES string of the molecule is COc1ccc(S(=O)(=O)N2CCOC(c3ccccc3C)C2)c(C)c1. The highest BCUT2D eigenvalue weighted by Crippen LogP contribution is 2.30. The Bertz CT molecular complexity index is 863. The zero-order valence-electron chi connectivity index (χ0n) is 14.7. The molecule has 2 aromatic carbocycles. The van der Waals surface area contributed by atoms with Crippen molar-refractivity contribution in [1.82, 2.24) is 4.31 Å². The summed E-state index contributed by atoms with van der Waals surface area (Å²) in [5.41, 5.74) is 2.82. The third-order valence-corrected chi connectivity index (χ3v) is 6.59. The normalized spacial score (nSPS) is 18.9. The van der Waals surface area contributed by atoms with Gasteiger partial charge in [0.05, 0.1) is 24.7 Å². The lowest BCUT2D eigenvalue weighted by Crippen LogP contribution is -2.42. The van der Waals surface area contributed by atoms with Crippen molar-refractivity contribution in [2.45, 2.75) is 24.8 Å². The number of sulfonamides is 1. The number of benzene rings is 2. The number of hydrogen-bond acceptors (Lipinski definition) is 4. The summed E-state index contributed by atoms with van der Waals surface area (Å²) in [4.78, 5) is 0.318.